The van der Waals surface area contributed by atoms with Crippen molar-refractivity contribution in [1.82, 2.24) is 20.2 Å². The summed E-state index contributed by atoms with van der Waals surface area (Å²) in [5, 5.41) is 13.4. The summed E-state index contributed by atoms with van der Waals surface area (Å²) in [6.45, 7) is 8.62. The molecule has 34 heavy (non-hydrogen) atoms. The molecule has 0 bridgehead atoms. The Morgan fingerprint density at radius 3 is 2.47 bits per heavy atom. The smallest absolute Gasteiger partial charge is 0.250 e. The summed E-state index contributed by atoms with van der Waals surface area (Å²) in [5.74, 6) is 1.18. The Hall–Kier alpha value is -3.65. The number of rotatable bonds is 7. The summed E-state index contributed by atoms with van der Waals surface area (Å²) in [6.07, 6.45) is 3.00. The summed E-state index contributed by atoms with van der Waals surface area (Å²) in [6, 6.07) is 20.1. The number of aryl methyl sites for hydroxylation is 1. The number of benzene rings is 2. The Balaban J connectivity index is 1.57. The lowest BCUT2D eigenvalue weighted by Gasteiger charge is -2.19. The molecule has 0 aliphatic heterocycles. The van der Waals surface area contributed by atoms with Crippen molar-refractivity contribution >= 4 is 23.9 Å². The molecule has 174 valence electrons. The van der Waals surface area contributed by atoms with Crippen LogP contribution in [0.3, 0.4) is 0 Å². The lowest BCUT2D eigenvalue weighted by Crippen LogP contribution is -2.19. The van der Waals surface area contributed by atoms with E-state index in [1.165, 1.54) is 23.5 Å². The molecule has 0 aliphatic rings. The molecule has 0 fully saturated rings. The Bertz CT molecular complexity index is 1270. The van der Waals surface area contributed by atoms with E-state index in [0.29, 0.717) is 10.9 Å². The van der Waals surface area contributed by atoms with Crippen LogP contribution in [0.2, 0.25) is 0 Å². The van der Waals surface area contributed by atoms with Crippen LogP contribution in [0.1, 0.15) is 37.7 Å². The van der Waals surface area contributed by atoms with Crippen molar-refractivity contribution in [1.29, 1.82) is 0 Å². The summed E-state index contributed by atoms with van der Waals surface area (Å²) < 4.78 is 7.14. The van der Waals surface area contributed by atoms with Crippen LogP contribution >= 0.6 is 11.8 Å². The van der Waals surface area contributed by atoms with Gasteiger partial charge in [-0.15, -0.1) is 10.2 Å². The van der Waals surface area contributed by atoms with Crippen LogP contribution in [0.15, 0.2) is 81.6 Å². The second-order valence-corrected chi connectivity index (χ2v) is 9.84. The lowest BCUT2D eigenvalue weighted by atomic mass is 9.87. The van der Waals surface area contributed by atoms with E-state index in [4.69, 9.17) is 4.42 Å². The number of hydrazone groups is 1. The molecule has 4 aromatic rings. The van der Waals surface area contributed by atoms with E-state index in [-0.39, 0.29) is 17.1 Å². The van der Waals surface area contributed by atoms with Crippen molar-refractivity contribution in [3.63, 3.8) is 0 Å². The first-order valence-corrected chi connectivity index (χ1v) is 11.9. The van der Waals surface area contributed by atoms with Crippen LogP contribution in [0, 0.1) is 6.92 Å². The van der Waals surface area contributed by atoms with Crippen molar-refractivity contribution in [2.45, 2.75) is 38.3 Å². The molecule has 0 unspecified atom stereocenters. The number of hydrogen-bond donors (Lipinski definition) is 1. The molecule has 1 amide bonds. The predicted octanol–water partition coefficient (Wildman–Crippen LogP) is 5.38. The van der Waals surface area contributed by atoms with Crippen molar-refractivity contribution in [2.75, 3.05) is 5.75 Å². The van der Waals surface area contributed by atoms with E-state index in [0.717, 1.165) is 22.6 Å². The second-order valence-electron chi connectivity index (χ2n) is 8.90. The van der Waals surface area contributed by atoms with Gasteiger partial charge in [0.25, 0.3) is 5.91 Å². The number of carbonyl (C=O) groups excluding carboxylic acids is 1. The average molecular weight is 474 g/mol. The van der Waals surface area contributed by atoms with Gasteiger partial charge in [0.1, 0.15) is 5.76 Å². The van der Waals surface area contributed by atoms with E-state index >= 15 is 0 Å². The zero-order valence-electron chi connectivity index (χ0n) is 19.6. The first-order valence-electron chi connectivity index (χ1n) is 10.9. The summed E-state index contributed by atoms with van der Waals surface area (Å²) in [4.78, 5) is 12.3. The zero-order chi connectivity index (χ0) is 24.1. The fourth-order valence-corrected chi connectivity index (χ4v) is 4.04. The van der Waals surface area contributed by atoms with Gasteiger partial charge in [0.15, 0.2) is 11.0 Å². The van der Waals surface area contributed by atoms with Crippen molar-refractivity contribution in [3.8, 4) is 17.1 Å². The lowest BCUT2D eigenvalue weighted by molar-refractivity contribution is -0.118. The van der Waals surface area contributed by atoms with E-state index in [2.05, 4.69) is 65.8 Å². The Morgan fingerprint density at radius 1 is 1.09 bits per heavy atom. The Labute approximate surface area is 203 Å². The monoisotopic (exact) mass is 473 g/mol. The quantitative estimate of drug-likeness (QED) is 0.221. The number of hydrogen-bond acceptors (Lipinski definition) is 6. The number of thioether (sulfide) groups is 1. The predicted molar refractivity (Wildman–Crippen MR) is 135 cm³/mol. The molecular weight excluding hydrogens is 446 g/mol. The van der Waals surface area contributed by atoms with Gasteiger partial charge in [-0.3, -0.25) is 9.36 Å². The third kappa shape index (κ3) is 5.63. The van der Waals surface area contributed by atoms with Crippen LogP contribution in [0.5, 0.6) is 0 Å². The number of carbonyl (C=O) groups is 1. The Kier molecular flexibility index (Phi) is 6.98. The van der Waals surface area contributed by atoms with Crippen molar-refractivity contribution < 1.29 is 9.21 Å². The highest BCUT2D eigenvalue weighted by molar-refractivity contribution is 7.99. The maximum atomic E-state index is 12.3. The van der Waals surface area contributed by atoms with Gasteiger partial charge in [-0.2, -0.15) is 5.10 Å². The third-order valence-electron chi connectivity index (χ3n) is 5.19. The summed E-state index contributed by atoms with van der Waals surface area (Å²) >= 11 is 1.30. The van der Waals surface area contributed by atoms with Gasteiger partial charge in [0.2, 0.25) is 0 Å². The molecule has 0 radical (unpaired) electrons. The highest BCUT2D eigenvalue weighted by Crippen LogP contribution is 2.30. The second kappa shape index (κ2) is 10.1. The topological polar surface area (TPSA) is 85.3 Å². The molecule has 2 heterocycles. The normalized spacial score (nSPS) is 11.8. The highest BCUT2D eigenvalue weighted by atomic mass is 32.2. The van der Waals surface area contributed by atoms with Crippen molar-refractivity contribution in [3.05, 3.63) is 83.8 Å². The molecule has 0 atom stereocenters. The van der Waals surface area contributed by atoms with Gasteiger partial charge in [-0.05, 0) is 42.2 Å². The van der Waals surface area contributed by atoms with Gasteiger partial charge in [-0.1, -0.05) is 74.5 Å². The van der Waals surface area contributed by atoms with Gasteiger partial charge >= 0.3 is 0 Å². The minimum absolute atomic E-state index is 0.0664. The van der Waals surface area contributed by atoms with Crippen LogP contribution in [-0.2, 0) is 10.2 Å². The molecule has 2 aromatic carbocycles. The van der Waals surface area contributed by atoms with E-state index < -0.39 is 0 Å². The fraction of sp³-hybridized carbons (Fsp3) is 0.231. The van der Waals surface area contributed by atoms with Gasteiger partial charge in [0, 0.05) is 11.3 Å². The summed E-state index contributed by atoms with van der Waals surface area (Å²) in [7, 11) is 0. The molecule has 1 N–H and O–H groups in total. The van der Waals surface area contributed by atoms with E-state index in [1.54, 1.807) is 18.4 Å². The largest absolute Gasteiger partial charge is 0.463 e. The highest BCUT2D eigenvalue weighted by Gasteiger charge is 2.19. The number of nitrogens with one attached hydrogen (secondary N) is 1. The molecule has 0 aliphatic carbocycles. The maximum absolute atomic E-state index is 12.3. The molecular formula is C26H27N5O2S. The molecule has 4 rings (SSSR count). The van der Waals surface area contributed by atoms with Crippen LogP contribution in [-0.4, -0.2) is 32.6 Å². The SMILES string of the molecule is Cc1ccc(-n2c(SCC(=O)NN=Cc3ccco3)nnc2-c2ccc(C(C)(C)C)cc2)cc1. The minimum Gasteiger partial charge on any atom is -0.463 e. The molecule has 8 heteroatoms. The van der Waals surface area contributed by atoms with Crippen LogP contribution in [0.25, 0.3) is 17.1 Å². The number of nitrogens with zero attached hydrogens (tertiary/aromatic N) is 4. The van der Waals surface area contributed by atoms with Gasteiger partial charge in [-0.25, -0.2) is 5.43 Å². The van der Waals surface area contributed by atoms with Gasteiger partial charge < -0.3 is 4.42 Å². The summed E-state index contributed by atoms with van der Waals surface area (Å²) in [5.41, 5.74) is 6.88. The first-order chi connectivity index (χ1) is 16.3. The third-order valence-corrected chi connectivity index (χ3v) is 6.12. The van der Waals surface area contributed by atoms with Crippen LogP contribution < -0.4 is 5.43 Å². The number of furan rings is 1. The standard InChI is InChI=1S/C26H27N5O2S/c1-18-7-13-21(14-8-18)31-24(19-9-11-20(12-10-19)26(2,3)4)29-30-25(31)34-17-23(32)28-27-16-22-6-5-15-33-22/h5-16H,17H2,1-4H3,(H,28,32). The molecule has 7 nitrogen and oxygen atoms in total. The molecule has 0 saturated carbocycles. The van der Waals surface area contributed by atoms with Gasteiger partial charge in [0.05, 0.1) is 18.2 Å². The first kappa shape index (κ1) is 23.5. The van der Waals surface area contributed by atoms with Crippen molar-refractivity contribution in [2.24, 2.45) is 5.10 Å². The Morgan fingerprint density at radius 2 is 1.82 bits per heavy atom. The minimum atomic E-state index is -0.248. The fourth-order valence-electron chi connectivity index (χ4n) is 3.29. The van der Waals surface area contributed by atoms with E-state index in [1.807, 2.05) is 35.8 Å². The molecule has 2 aromatic heterocycles. The average Bonchev–Trinajstić information content (AvgIpc) is 3.48. The maximum Gasteiger partial charge on any atom is 0.250 e. The molecule has 0 spiro atoms. The van der Waals surface area contributed by atoms with E-state index in [9.17, 15) is 4.79 Å². The number of aromatic nitrogens is 3. The van der Waals surface area contributed by atoms with Crippen LogP contribution in [0.4, 0.5) is 0 Å². The zero-order valence-corrected chi connectivity index (χ0v) is 20.5. The molecule has 0 saturated heterocycles. The number of amides is 1.